The van der Waals surface area contributed by atoms with E-state index in [0.717, 1.165) is 5.56 Å². The molecule has 0 aliphatic heterocycles. The summed E-state index contributed by atoms with van der Waals surface area (Å²) < 4.78 is 18.2. The van der Waals surface area contributed by atoms with Gasteiger partial charge in [-0.15, -0.1) is 0 Å². The van der Waals surface area contributed by atoms with E-state index in [4.69, 9.17) is 9.84 Å². The molecule has 1 rings (SSSR count). The van der Waals surface area contributed by atoms with Crippen molar-refractivity contribution in [2.24, 2.45) is 0 Å². The summed E-state index contributed by atoms with van der Waals surface area (Å²) in [5.74, 6) is -0.659. The van der Waals surface area contributed by atoms with E-state index < -0.39 is 5.82 Å². The minimum Gasteiger partial charge on any atom is -0.394 e. The molecule has 0 spiro atoms. The summed E-state index contributed by atoms with van der Waals surface area (Å²) in [6, 6.07) is 4.15. The van der Waals surface area contributed by atoms with E-state index in [-0.39, 0.29) is 19.1 Å². The molecule has 0 aliphatic carbocycles. The first-order valence-corrected chi connectivity index (χ1v) is 5.76. The summed E-state index contributed by atoms with van der Waals surface area (Å²) in [5, 5.41) is 8.54. The first kappa shape index (κ1) is 14.6. The van der Waals surface area contributed by atoms with Crippen LogP contribution < -0.4 is 0 Å². The fourth-order valence-corrected chi connectivity index (χ4v) is 1.50. The Labute approximate surface area is 106 Å². The second-order valence-electron chi connectivity index (χ2n) is 4.02. The van der Waals surface area contributed by atoms with Crippen molar-refractivity contribution in [3.8, 4) is 0 Å². The number of aryl methyl sites for hydroxylation is 1. The first-order valence-electron chi connectivity index (χ1n) is 5.76. The lowest BCUT2D eigenvalue weighted by molar-refractivity contribution is 0.0617. The minimum absolute atomic E-state index is 0.0410. The number of hydrogen-bond acceptors (Lipinski definition) is 3. The van der Waals surface area contributed by atoms with Gasteiger partial charge in [-0.1, -0.05) is 6.07 Å². The van der Waals surface area contributed by atoms with Crippen molar-refractivity contribution in [3.63, 3.8) is 0 Å². The lowest BCUT2D eigenvalue weighted by Crippen LogP contribution is -2.31. The van der Waals surface area contributed by atoms with Gasteiger partial charge in [0.05, 0.1) is 19.8 Å². The van der Waals surface area contributed by atoms with Gasteiger partial charge in [-0.25, -0.2) is 4.39 Å². The molecule has 0 saturated heterocycles. The molecule has 0 unspecified atom stereocenters. The Balaban J connectivity index is 2.60. The Kier molecular flexibility index (Phi) is 5.74. The molecule has 0 aliphatic rings. The van der Waals surface area contributed by atoms with Crippen LogP contribution in [-0.4, -0.2) is 49.3 Å². The highest BCUT2D eigenvalue weighted by Gasteiger charge is 2.14. The van der Waals surface area contributed by atoms with Crippen LogP contribution in [0.15, 0.2) is 18.2 Å². The molecule has 1 aromatic carbocycles. The average Bonchev–Trinajstić information content (AvgIpc) is 2.36. The smallest absolute Gasteiger partial charge is 0.254 e. The van der Waals surface area contributed by atoms with Gasteiger partial charge < -0.3 is 14.7 Å². The lowest BCUT2D eigenvalue weighted by Gasteiger charge is -2.18. The number of aliphatic hydroxyl groups is 1. The zero-order chi connectivity index (χ0) is 13.5. The molecule has 5 heteroatoms. The summed E-state index contributed by atoms with van der Waals surface area (Å²) in [5.41, 5.74) is 1.10. The highest BCUT2D eigenvalue weighted by atomic mass is 19.1. The van der Waals surface area contributed by atoms with Gasteiger partial charge in [-0.2, -0.15) is 0 Å². The second kappa shape index (κ2) is 7.08. The van der Waals surface area contributed by atoms with Crippen LogP contribution in [0.4, 0.5) is 4.39 Å². The van der Waals surface area contributed by atoms with Crippen LogP contribution in [0.25, 0.3) is 0 Å². The molecular weight excluding hydrogens is 237 g/mol. The summed E-state index contributed by atoms with van der Waals surface area (Å²) in [6.45, 7) is 2.72. The molecule has 18 heavy (non-hydrogen) atoms. The zero-order valence-corrected chi connectivity index (χ0v) is 10.6. The fraction of sp³-hybridized carbons (Fsp3) is 0.462. The predicted molar refractivity (Wildman–Crippen MR) is 66.0 cm³/mol. The normalized spacial score (nSPS) is 10.4. The number of amides is 1. The van der Waals surface area contributed by atoms with E-state index in [1.54, 1.807) is 20.0 Å². The third kappa shape index (κ3) is 4.09. The molecule has 4 nitrogen and oxygen atoms in total. The topological polar surface area (TPSA) is 49.8 Å². The maximum Gasteiger partial charge on any atom is 0.254 e. The highest BCUT2D eigenvalue weighted by molar-refractivity contribution is 5.95. The van der Waals surface area contributed by atoms with E-state index in [1.165, 1.54) is 17.0 Å². The van der Waals surface area contributed by atoms with Crippen LogP contribution in [0.2, 0.25) is 0 Å². The molecule has 0 saturated carbocycles. The molecule has 0 bridgehead atoms. The first-order chi connectivity index (χ1) is 8.56. The Morgan fingerprint density at radius 3 is 2.83 bits per heavy atom. The molecule has 0 aromatic heterocycles. The average molecular weight is 255 g/mol. The number of likely N-dealkylation sites (N-methyl/N-ethyl adjacent to an activating group) is 1. The summed E-state index contributed by atoms with van der Waals surface area (Å²) >= 11 is 0. The van der Waals surface area contributed by atoms with Gasteiger partial charge in [0.2, 0.25) is 0 Å². The molecular formula is C13H18FNO3. The van der Waals surface area contributed by atoms with Gasteiger partial charge in [0, 0.05) is 19.2 Å². The molecule has 100 valence electrons. The van der Waals surface area contributed by atoms with Crippen LogP contribution in [0, 0.1) is 12.7 Å². The van der Waals surface area contributed by atoms with Gasteiger partial charge in [-0.3, -0.25) is 4.79 Å². The minimum atomic E-state index is -0.422. The van der Waals surface area contributed by atoms with Gasteiger partial charge in [0.25, 0.3) is 5.91 Å². The van der Waals surface area contributed by atoms with Gasteiger partial charge in [-0.05, 0) is 24.6 Å². The number of ether oxygens (including phenoxy) is 1. The van der Waals surface area contributed by atoms with Crippen molar-refractivity contribution >= 4 is 5.91 Å². The van der Waals surface area contributed by atoms with E-state index in [2.05, 4.69) is 0 Å². The number of carbonyl (C=O) groups excluding carboxylic acids is 1. The maximum atomic E-state index is 13.1. The Morgan fingerprint density at radius 2 is 2.17 bits per heavy atom. The number of aliphatic hydroxyl groups excluding tert-OH is 1. The van der Waals surface area contributed by atoms with Crippen LogP contribution in [0.1, 0.15) is 15.9 Å². The molecule has 0 heterocycles. The van der Waals surface area contributed by atoms with Crippen LogP contribution in [0.5, 0.6) is 0 Å². The molecule has 1 amide bonds. The second-order valence-corrected chi connectivity index (χ2v) is 4.02. The predicted octanol–water partition coefficient (Wildman–Crippen LogP) is 1.22. The molecule has 0 atom stereocenters. The van der Waals surface area contributed by atoms with Gasteiger partial charge in [0.15, 0.2) is 0 Å². The SMILES string of the molecule is Cc1ccc(F)cc1C(=O)N(C)CCOCCO. The molecule has 0 radical (unpaired) electrons. The van der Waals surface area contributed by atoms with Gasteiger partial charge >= 0.3 is 0 Å². The van der Waals surface area contributed by atoms with Crippen LogP contribution >= 0.6 is 0 Å². The van der Waals surface area contributed by atoms with E-state index in [0.29, 0.717) is 18.7 Å². The third-order valence-electron chi connectivity index (χ3n) is 2.58. The van der Waals surface area contributed by atoms with E-state index in [1.807, 2.05) is 0 Å². The van der Waals surface area contributed by atoms with Gasteiger partial charge in [0.1, 0.15) is 5.82 Å². The van der Waals surface area contributed by atoms with Crippen molar-refractivity contribution in [3.05, 3.63) is 35.1 Å². The van der Waals surface area contributed by atoms with Crippen molar-refractivity contribution in [1.29, 1.82) is 0 Å². The number of nitrogens with zero attached hydrogens (tertiary/aromatic N) is 1. The standard InChI is InChI=1S/C13H18FNO3/c1-10-3-4-11(14)9-12(10)13(17)15(2)5-7-18-8-6-16/h3-4,9,16H,5-8H2,1-2H3. The number of rotatable bonds is 6. The zero-order valence-electron chi connectivity index (χ0n) is 10.6. The fourth-order valence-electron chi connectivity index (χ4n) is 1.50. The summed E-state index contributed by atoms with van der Waals surface area (Å²) in [6.07, 6.45) is 0. The van der Waals surface area contributed by atoms with Crippen molar-refractivity contribution < 1.29 is 19.0 Å². The number of benzene rings is 1. The number of hydrogen-bond donors (Lipinski definition) is 1. The Morgan fingerprint density at radius 1 is 1.44 bits per heavy atom. The van der Waals surface area contributed by atoms with Crippen molar-refractivity contribution in [2.75, 3.05) is 33.4 Å². The van der Waals surface area contributed by atoms with Crippen molar-refractivity contribution in [2.45, 2.75) is 6.92 Å². The van der Waals surface area contributed by atoms with Crippen LogP contribution in [-0.2, 0) is 4.74 Å². The van der Waals surface area contributed by atoms with E-state index in [9.17, 15) is 9.18 Å². The highest BCUT2D eigenvalue weighted by Crippen LogP contribution is 2.12. The largest absolute Gasteiger partial charge is 0.394 e. The quantitative estimate of drug-likeness (QED) is 0.777. The summed E-state index contributed by atoms with van der Waals surface area (Å²) in [4.78, 5) is 13.5. The number of halogens is 1. The molecule has 0 fully saturated rings. The molecule has 1 aromatic rings. The lowest BCUT2D eigenvalue weighted by atomic mass is 10.1. The van der Waals surface area contributed by atoms with Crippen molar-refractivity contribution in [1.82, 2.24) is 4.90 Å². The number of carbonyl (C=O) groups is 1. The van der Waals surface area contributed by atoms with Crippen LogP contribution in [0.3, 0.4) is 0 Å². The maximum absolute atomic E-state index is 13.1. The Hall–Kier alpha value is -1.46. The van der Waals surface area contributed by atoms with E-state index >= 15 is 0 Å². The third-order valence-corrected chi connectivity index (χ3v) is 2.58. The molecule has 1 N–H and O–H groups in total. The summed E-state index contributed by atoms with van der Waals surface area (Å²) in [7, 11) is 1.63. The Bertz CT molecular complexity index is 409. The monoisotopic (exact) mass is 255 g/mol.